The van der Waals surface area contributed by atoms with Crippen LogP contribution in [0.4, 0.5) is 5.82 Å². The van der Waals surface area contributed by atoms with E-state index in [2.05, 4.69) is 26.3 Å². The first-order chi connectivity index (χ1) is 16.3. The molecule has 1 fully saturated rings. The SMILES string of the molecule is C#Cc1cccc(Cn2ccc(C(=O)c3cncnc3NC3CCC(COS(N)(=O)=O)C3)n2)c1. The van der Waals surface area contributed by atoms with Crippen molar-refractivity contribution in [1.82, 2.24) is 19.7 Å². The highest BCUT2D eigenvalue weighted by Crippen LogP contribution is 2.29. The van der Waals surface area contributed by atoms with Crippen molar-refractivity contribution in [2.24, 2.45) is 11.1 Å². The van der Waals surface area contributed by atoms with E-state index in [1.165, 1.54) is 12.5 Å². The van der Waals surface area contributed by atoms with E-state index in [1.54, 1.807) is 16.9 Å². The second-order valence-electron chi connectivity index (χ2n) is 8.16. The molecule has 34 heavy (non-hydrogen) atoms. The average molecular weight is 481 g/mol. The first-order valence-electron chi connectivity index (χ1n) is 10.7. The number of nitrogens with one attached hydrogen (secondary N) is 1. The van der Waals surface area contributed by atoms with Crippen molar-refractivity contribution in [1.29, 1.82) is 0 Å². The van der Waals surface area contributed by atoms with Gasteiger partial charge in [-0.05, 0) is 48.9 Å². The Hall–Kier alpha value is -3.59. The van der Waals surface area contributed by atoms with Gasteiger partial charge in [-0.3, -0.25) is 13.7 Å². The molecule has 2 heterocycles. The minimum atomic E-state index is -3.96. The summed E-state index contributed by atoms with van der Waals surface area (Å²) in [6, 6.07) is 9.25. The van der Waals surface area contributed by atoms with Gasteiger partial charge in [-0.2, -0.15) is 13.5 Å². The Bertz CT molecular complexity index is 1330. The van der Waals surface area contributed by atoms with Crippen molar-refractivity contribution in [3.05, 3.63) is 71.4 Å². The quantitative estimate of drug-likeness (QED) is 0.348. The third-order valence-electron chi connectivity index (χ3n) is 5.62. The lowest BCUT2D eigenvalue weighted by Crippen LogP contribution is -2.22. The zero-order chi connectivity index (χ0) is 24.1. The van der Waals surface area contributed by atoms with E-state index in [-0.39, 0.29) is 30.0 Å². The van der Waals surface area contributed by atoms with Crippen LogP contribution in [0.2, 0.25) is 0 Å². The molecule has 0 aliphatic heterocycles. The van der Waals surface area contributed by atoms with Crippen LogP contribution < -0.4 is 10.5 Å². The van der Waals surface area contributed by atoms with Crippen LogP contribution in [0.3, 0.4) is 0 Å². The Balaban J connectivity index is 1.43. The lowest BCUT2D eigenvalue weighted by Gasteiger charge is -2.15. The standard InChI is InChI=1S/C23H24N6O4S/c1-2-16-4-3-5-17(10-16)13-29-9-8-21(28-29)22(30)20-12-25-15-26-23(20)27-19-7-6-18(11-19)14-33-34(24,31)32/h1,3-5,8-10,12,15,18-19H,6-7,11,13-14H2,(H2,24,31,32)(H,25,26,27). The van der Waals surface area contributed by atoms with Gasteiger partial charge in [0.2, 0.25) is 5.78 Å². The van der Waals surface area contributed by atoms with Crippen LogP contribution in [0.15, 0.2) is 49.1 Å². The van der Waals surface area contributed by atoms with Crippen LogP contribution in [-0.2, 0) is 21.0 Å². The Kier molecular flexibility index (Phi) is 7.02. The molecule has 0 saturated heterocycles. The van der Waals surface area contributed by atoms with Gasteiger partial charge in [-0.15, -0.1) is 6.42 Å². The lowest BCUT2D eigenvalue weighted by molar-refractivity contribution is 0.103. The first-order valence-corrected chi connectivity index (χ1v) is 12.2. The highest BCUT2D eigenvalue weighted by molar-refractivity contribution is 7.84. The maximum Gasteiger partial charge on any atom is 0.333 e. The number of hydrogen-bond donors (Lipinski definition) is 2. The zero-order valence-electron chi connectivity index (χ0n) is 18.3. The molecule has 1 aromatic carbocycles. The van der Waals surface area contributed by atoms with E-state index in [0.29, 0.717) is 24.3 Å². The van der Waals surface area contributed by atoms with Gasteiger partial charge in [0.25, 0.3) is 0 Å². The van der Waals surface area contributed by atoms with E-state index in [1.807, 2.05) is 24.3 Å². The Morgan fingerprint density at radius 2 is 2.18 bits per heavy atom. The van der Waals surface area contributed by atoms with E-state index >= 15 is 0 Å². The summed E-state index contributed by atoms with van der Waals surface area (Å²) in [6.45, 7) is 0.511. The van der Waals surface area contributed by atoms with Crippen LogP contribution in [0.5, 0.6) is 0 Å². The summed E-state index contributed by atoms with van der Waals surface area (Å²) in [5, 5.41) is 12.6. The molecule has 0 bridgehead atoms. The Labute approximate surface area is 197 Å². The molecular formula is C23H24N6O4S. The van der Waals surface area contributed by atoms with Gasteiger partial charge in [0, 0.05) is 24.0 Å². The van der Waals surface area contributed by atoms with Crippen LogP contribution in [0.25, 0.3) is 0 Å². The van der Waals surface area contributed by atoms with E-state index in [4.69, 9.17) is 15.7 Å². The average Bonchev–Trinajstić information content (AvgIpc) is 3.47. The van der Waals surface area contributed by atoms with Crippen molar-refractivity contribution in [2.45, 2.75) is 31.8 Å². The molecule has 4 rings (SSSR count). The van der Waals surface area contributed by atoms with E-state index in [0.717, 1.165) is 24.0 Å². The molecule has 1 saturated carbocycles. The van der Waals surface area contributed by atoms with Crippen LogP contribution in [0, 0.1) is 18.3 Å². The molecule has 0 spiro atoms. The van der Waals surface area contributed by atoms with Gasteiger partial charge in [0.15, 0.2) is 0 Å². The molecule has 2 aromatic heterocycles. The fourth-order valence-corrected chi connectivity index (χ4v) is 4.39. The monoisotopic (exact) mass is 480 g/mol. The van der Waals surface area contributed by atoms with Crippen molar-refractivity contribution in [2.75, 3.05) is 11.9 Å². The van der Waals surface area contributed by atoms with E-state index < -0.39 is 10.3 Å². The molecule has 3 N–H and O–H groups in total. The van der Waals surface area contributed by atoms with Crippen molar-refractivity contribution >= 4 is 21.9 Å². The molecule has 2 unspecified atom stereocenters. The second-order valence-corrected chi connectivity index (χ2v) is 9.38. The van der Waals surface area contributed by atoms with Crippen molar-refractivity contribution in [3.8, 4) is 12.3 Å². The highest BCUT2D eigenvalue weighted by Gasteiger charge is 2.28. The van der Waals surface area contributed by atoms with E-state index in [9.17, 15) is 13.2 Å². The second kappa shape index (κ2) is 10.1. The first kappa shape index (κ1) is 23.6. The number of aromatic nitrogens is 4. The van der Waals surface area contributed by atoms with Gasteiger partial charge in [0.1, 0.15) is 17.8 Å². The molecule has 0 amide bonds. The maximum atomic E-state index is 13.2. The van der Waals surface area contributed by atoms with Crippen LogP contribution in [0.1, 0.15) is 46.4 Å². The van der Waals surface area contributed by atoms with Gasteiger partial charge in [-0.25, -0.2) is 15.1 Å². The minimum absolute atomic E-state index is 0.0107. The molecule has 1 aliphatic rings. The summed E-state index contributed by atoms with van der Waals surface area (Å²) < 4.78 is 28.4. The number of nitrogens with zero attached hydrogens (tertiary/aromatic N) is 4. The number of nitrogens with two attached hydrogens (primary N) is 1. The normalized spacial score (nSPS) is 17.9. The molecule has 176 valence electrons. The summed E-state index contributed by atoms with van der Waals surface area (Å²) in [4.78, 5) is 21.4. The van der Waals surface area contributed by atoms with Gasteiger partial charge >= 0.3 is 10.3 Å². The summed E-state index contributed by atoms with van der Waals surface area (Å²) >= 11 is 0. The largest absolute Gasteiger partial charge is 0.367 e. The summed E-state index contributed by atoms with van der Waals surface area (Å²) in [5.41, 5.74) is 2.34. The fourth-order valence-electron chi connectivity index (χ4n) is 4.01. The van der Waals surface area contributed by atoms with Crippen molar-refractivity contribution in [3.63, 3.8) is 0 Å². The van der Waals surface area contributed by atoms with Crippen molar-refractivity contribution < 1.29 is 17.4 Å². The van der Waals surface area contributed by atoms with Gasteiger partial charge in [0.05, 0.1) is 18.7 Å². The number of terminal acetylenes is 1. The smallest absolute Gasteiger partial charge is 0.333 e. The predicted molar refractivity (Wildman–Crippen MR) is 125 cm³/mol. The number of ketones is 1. The number of rotatable bonds is 9. The number of anilines is 1. The zero-order valence-corrected chi connectivity index (χ0v) is 19.1. The number of carbonyl (C=O) groups is 1. The summed E-state index contributed by atoms with van der Waals surface area (Å²) in [6.07, 6.45) is 12.2. The lowest BCUT2D eigenvalue weighted by atomic mass is 10.1. The molecular weight excluding hydrogens is 456 g/mol. The fraction of sp³-hybridized carbons (Fsp3) is 0.304. The molecule has 0 radical (unpaired) electrons. The number of carbonyl (C=O) groups excluding carboxylic acids is 1. The molecule has 3 aromatic rings. The number of benzene rings is 1. The third kappa shape index (κ3) is 6.05. The van der Waals surface area contributed by atoms with Gasteiger partial charge in [-0.1, -0.05) is 18.1 Å². The molecule has 11 heteroatoms. The molecule has 1 aliphatic carbocycles. The molecule has 10 nitrogen and oxygen atoms in total. The topological polar surface area (TPSA) is 142 Å². The predicted octanol–water partition coefficient (Wildman–Crippen LogP) is 1.73. The third-order valence-corrected chi connectivity index (χ3v) is 6.08. The van der Waals surface area contributed by atoms with Gasteiger partial charge < -0.3 is 5.32 Å². The Morgan fingerprint density at radius 3 is 2.97 bits per heavy atom. The highest BCUT2D eigenvalue weighted by atomic mass is 32.2. The molecule has 2 atom stereocenters. The maximum absolute atomic E-state index is 13.2. The minimum Gasteiger partial charge on any atom is -0.367 e. The number of hydrogen-bond acceptors (Lipinski definition) is 8. The summed E-state index contributed by atoms with van der Waals surface area (Å²) in [7, 11) is -3.96. The summed E-state index contributed by atoms with van der Waals surface area (Å²) in [5.74, 6) is 2.76. The van der Waals surface area contributed by atoms with Crippen LogP contribution >= 0.6 is 0 Å². The Morgan fingerprint density at radius 1 is 1.32 bits per heavy atom. The van der Waals surface area contributed by atoms with Crippen LogP contribution in [-0.4, -0.2) is 46.6 Å².